The van der Waals surface area contributed by atoms with Gasteiger partial charge in [0.25, 0.3) is 0 Å². The molecular formula is C12H16O2. The third-order valence-electron chi connectivity index (χ3n) is 2.37. The van der Waals surface area contributed by atoms with Crippen molar-refractivity contribution in [3.63, 3.8) is 0 Å². The molecule has 0 bridgehead atoms. The van der Waals surface area contributed by atoms with Gasteiger partial charge in [-0.15, -0.1) is 0 Å². The van der Waals surface area contributed by atoms with E-state index in [4.69, 9.17) is 4.74 Å². The number of Topliss-reactive ketones (excluding diaryl/α,β-unsaturated/α-hetero) is 1. The Labute approximate surface area is 84.9 Å². The van der Waals surface area contributed by atoms with E-state index in [0.717, 1.165) is 5.56 Å². The van der Waals surface area contributed by atoms with Crippen molar-refractivity contribution in [3.8, 4) is 0 Å². The molecule has 0 fully saturated rings. The first kappa shape index (κ1) is 10.9. The van der Waals surface area contributed by atoms with Gasteiger partial charge in [-0.1, -0.05) is 29.8 Å². The molecular weight excluding hydrogens is 176 g/mol. The second-order valence-corrected chi connectivity index (χ2v) is 3.91. The van der Waals surface area contributed by atoms with Crippen molar-refractivity contribution in [2.75, 3.05) is 7.11 Å². The third kappa shape index (κ3) is 2.20. The summed E-state index contributed by atoms with van der Waals surface area (Å²) in [7, 11) is 1.55. The van der Waals surface area contributed by atoms with Gasteiger partial charge in [0.15, 0.2) is 5.78 Å². The van der Waals surface area contributed by atoms with Gasteiger partial charge in [-0.25, -0.2) is 0 Å². The number of carbonyl (C=O) groups is 1. The Bertz CT molecular complexity index is 323. The average molecular weight is 192 g/mol. The summed E-state index contributed by atoms with van der Waals surface area (Å²) in [5.41, 5.74) is 1.11. The minimum absolute atomic E-state index is 0.0139. The Morgan fingerprint density at radius 3 is 2.14 bits per heavy atom. The predicted molar refractivity (Wildman–Crippen MR) is 56.6 cm³/mol. The molecule has 0 radical (unpaired) electrons. The summed E-state index contributed by atoms with van der Waals surface area (Å²) in [5.74, 6) is 0.0139. The fraction of sp³-hybridized carbons (Fsp3) is 0.417. The second kappa shape index (κ2) is 3.93. The van der Waals surface area contributed by atoms with E-state index in [0.29, 0.717) is 5.56 Å². The molecule has 0 saturated carbocycles. The van der Waals surface area contributed by atoms with E-state index in [9.17, 15) is 4.79 Å². The number of benzene rings is 1. The molecule has 0 heterocycles. The Balaban J connectivity index is 2.96. The molecule has 1 aromatic carbocycles. The summed E-state index contributed by atoms with van der Waals surface area (Å²) in [6, 6.07) is 7.52. The maximum atomic E-state index is 11.9. The van der Waals surface area contributed by atoms with Gasteiger partial charge in [0.05, 0.1) is 0 Å². The van der Waals surface area contributed by atoms with E-state index in [1.54, 1.807) is 21.0 Å². The lowest BCUT2D eigenvalue weighted by atomic mass is 9.96. The molecule has 0 aromatic heterocycles. The van der Waals surface area contributed by atoms with Crippen molar-refractivity contribution < 1.29 is 9.53 Å². The van der Waals surface area contributed by atoms with Gasteiger partial charge in [0.2, 0.25) is 0 Å². The molecule has 0 unspecified atom stereocenters. The molecule has 0 aliphatic heterocycles. The first-order valence-electron chi connectivity index (χ1n) is 4.64. The van der Waals surface area contributed by atoms with Crippen LogP contribution in [0.1, 0.15) is 29.8 Å². The third-order valence-corrected chi connectivity index (χ3v) is 2.37. The van der Waals surface area contributed by atoms with Crippen LogP contribution in [0.15, 0.2) is 24.3 Å². The Hall–Kier alpha value is -1.15. The lowest BCUT2D eigenvalue weighted by Gasteiger charge is -2.21. The minimum Gasteiger partial charge on any atom is -0.371 e. The van der Waals surface area contributed by atoms with Gasteiger partial charge >= 0.3 is 0 Å². The maximum Gasteiger partial charge on any atom is 0.194 e. The normalized spacial score (nSPS) is 11.4. The van der Waals surface area contributed by atoms with Crippen LogP contribution in [0, 0.1) is 6.92 Å². The number of carbonyl (C=O) groups excluding carboxylic acids is 1. The zero-order chi connectivity index (χ0) is 10.8. The van der Waals surface area contributed by atoms with Crippen LogP contribution in [0.5, 0.6) is 0 Å². The molecule has 0 amide bonds. The largest absolute Gasteiger partial charge is 0.371 e. The maximum absolute atomic E-state index is 11.9. The number of aryl methyl sites for hydroxylation is 1. The molecule has 2 nitrogen and oxygen atoms in total. The highest BCUT2D eigenvalue weighted by Gasteiger charge is 2.27. The molecule has 76 valence electrons. The topological polar surface area (TPSA) is 26.3 Å². The number of methoxy groups -OCH3 is 1. The number of ketones is 1. The SMILES string of the molecule is COC(C)(C)C(=O)c1ccc(C)cc1. The van der Waals surface area contributed by atoms with E-state index in [2.05, 4.69) is 0 Å². The molecule has 0 atom stereocenters. The number of hydrogen-bond donors (Lipinski definition) is 0. The molecule has 1 aromatic rings. The molecule has 2 heteroatoms. The summed E-state index contributed by atoms with van der Waals surface area (Å²) in [6.07, 6.45) is 0. The van der Waals surface area contributed by atoms with Gasteiger partial charge in [-0.2, -0.15) is 0 Å². The van der Waals surface area contributed by atoms with Crippen LogP contribution >= 0.6 is 0 Å². The predicted octanol–water partition coefficient (Wildman–Crippen LogP) is 2.60. The van der Waals surface area contributed by atoms with Gasteiger partial charge in [-0.05, 0) is 20.8 Å². The van der Waals surface area contributed by atoms with Gasteiger partial charge in [0, 0.05) is 12.7 Å². The van der Waals surface area contributed by atoms with Crippen LogP contribution in [-0.4, -0.2) is 18.5 Å². The summed E-state index contributed by atoms with van der Waals surface area (Å²) in [6.45, 7) is 5.54. The fourth-order valence-corrected chi connectivity index (χ4v) is 1.15. The number of rotatable bonds is 3. The van der Waals surface area contributed by atoms with Crippen molar-refractivity contribution in [1.82, 2.24) is 0 Å². The van der Waals surface area contributed by atoms with Crippen molar-refractivity contribution in [1.29, 1.82) is 0 Å². The first-order chi connectivity index (χ1) is 6.47. The van der Waals surface area contributed by atoms with Gasteiger partial charge in [-0.3, -0.25) is 4.79 Å². The number of hydrogen-bond acceptors (Lipinski definition) is 2. The average Bonchev–Trinajstić information content (AvgIpc) is 2.18. The zero-order valence-corrected chi connectivity index (χ0v) is 9.13. The quantitative estimate of drug-likeness (QED) is 0.688. The molecule has 14 heavy (non-hydrogen) atoms. The van der Waals surface area contributed by atoms with Crippen LogP contribution in [0.4, 0.5) is 0 Å². The van der Waals surface area contributed by atoms with Crippen molar-refractivity contribution in [3.05, 3.63) is 35.4 Å². The van der Waals surface area contributed by atoms with Crippen molar-refractivity contribution in [2.24, 2.45) is 0 Å². The van der Waals surface area contributed by atoms with Crippen LogP contribution in [0.25, 0.3) is 0 Å². The fourth-order valence-electron chi connectivity index (χ4n) is 1.15. The lowest BCUT2D eigenvalue weighted by Crippen LogP contribution is -2.33. The molecule has 0 aliphatic rings. The summed E-state index contributed by atoms with van der Waals surface area (Å²) in [4.78, 5) is 11.9. The second-order valence-electron chi connectivity index (χ2n) is 3.91. The van der Waals surface area contributed by atoms with E-state index >= 15 is 0 Å². The summed E-state index contributed by atoms with van der Waals surface area (Å²) in [5, 5.41) is 0. The van der Waals surface area contributed by atoms with E-state index in [-0.39, 0.29) is 5.78 Å². The highest BCUT2D eigenvalue weighted by molar-refractivity contribution is 6.01. The van der Waals surface area contributed by atoms with E-state index in [1.165, 1.54) is 0 Å². The molecule has 0 saturated heterocycles. The first-order valence-corrected chi connectivity index (χ1v) is 4.64. The van der Waals surface area contributed by atoms with E-state index in [1.807, 2.05) is 31.2 Å². The highest BCUT2D eigenvalue weighted by Crippen LogP contribution is 2.16. The molecule has 1 rings (SSSR count). The Morgan fingerprint density at radius 1 is 1.21 bits per heavy atom. The summed E-state index contributed by atoms with van der Waals surface area (Å²) < 4.78 is 5.13. The molecule has 0 spiro atoms. The van der Waals surface area contributed by atoms with Crippen LogP contribution in [-0.2, 0) is 4.74 Å². The zero-order valence-electron chi connectivity index (χ0n) is 9.13. The van der Waals surface area contributed by atoms with Crippen LogP contribution in [0.2, 0.25) is 0 Å². The van der Waals surface area contributed by atoms with Crippen molar-refractivity contribution >= 4 is 5.78 Å². The monoisotopic (exact) mass is 192 g/mol. The smallest absolute Gasteiger partial charge is 0.194 e. The highest BCUT2D eigenvalue weighted by atomic mass is 16.5. The summed E-state index contributed by atoms with van der Waals surface area (Å²) >= 11 is 0. The standard InChI is InChI=1S/C12H16O2/c1-9-5-7-10(8-6-9)11(13)12(2,3)14-4/h5-8H,1-4H3. The molecule has 0 N–H and O–H groups in total. The Kier molecular flexibility index (Phi) is 3.06. The Morgan fingerprint density at radius 2 is 1.71 bits per heavy atom. The van der Waals surface area contributed by atoms with Gasteiger partial charge < -0.3 is 4.74 Å². The van der Waals surface area contributed by atoms with Crippen molar-refractivity contribution in [2.45, 2.75) is 26.4 Å². The number of ether oxygens (including phenoxy) is 1. The lowest BCUT2D eigenvalue weighted by molar-refractivity contribution is 0.0228. The van der Waals surface area contributed by atoms with Crippen LogP contribution in [0.3, 0.4) is 0 Å². The minimum atomic E-state index is -0.741. The molecule has 0 aliphatic carbocycles. The van der Waals surface area contributed by atoms with Crippen LogP contribution < -0.4 is 0 Å². The van der Waals surface area contributed by atoms with E-state index < -0.39 is 5.60 Å². The van der Waals surface area contributed by atoms with Gasteiger partial charge in [0.1, 0.15) is 5.60 Å².